The Kier molecular flexibility index (Phi) is 4.55. The summed E-state index contributed by atoms with van der Waals surface area (Å²) in [6, 6.07) is 6.91. The SMILES string of the molecule is C/C(=C\C(=O)N1CC(C)NC(C)C1)c1cccc(F)c1. The quantitative estimate of drug-likeness (QED) is 0.841. The molecule has 1 aromatic rings. The molecule has 2 unspecified atom stereocenters. The highest BCUT2D eigenvalue weighted by molar-refractivity contribution is 5.95. The van der Waals surface area contributed by atoms with E-state index in [9.17, 15) is 9.18 Å². The predicted molar refractivity (Wildman–Crippen MR) is 78.7 cm³/mol. The number of hydrogen-bond donors (Lipinski definition) is 1. The Morgan fingerprint density at radius 2 is 2.00 bits per heavy atom. The molecule has 1 saturated heterocycles. The Morgan fingerprint density at radius 1 is 1.35 bits per heavy atom. The summed E-state index contributed by atoms with van der Waals surface area (Å²) in [5.74, 6) is -0.293. The van der Waals surface area contributed by atoms with Gasteiger partial charge >= 0.3 is 0 Å². The molecule has 1 heterocycles. The fourth-order valence-electron chi connectivity index (χ4n) is 2.60. The van der Waals surface area contributed by atoms with Crippen molar-refractivity contribution >= 4 is 11.5 Å². The maximum absolute atomic E-state index is 13.2. The fourth-order valence-corrected chi connectivity index (χ4v) is 2.60. The second-order valence-corrected chi connectivity index (χ2v) is 5.55. The van der Waals surface area contributed by atoms with Crippen LogP contribution in [0.4, 0.5) is 4.39 Å². The van der Waals surface area contributed by atoms with E-state index in [1.165, 1.54) is 12.1 Å². The maximum Gasteiger partial charge on any atom is 0.246 e. The second kappa shape index (κ2) is 6.18. The normalized spacial score (nSPS) is 23.8. The first-order valence-electron chi connectivity index (χ1n) is 6.95. The highest BCUT2D eigenvalue weighted by Crippen LogP contribution is 2.16. The summed E-state index contributed by atoms with van der Waals surface area (Å²) in [4.78, 5) is 14.1. The summed E-state index contributed by atoms with van der Waals surface area (Å²) in [7, 11) is 0. The molecule has 0 aliphatic carbocycles. The van der Waals surface area contributed by atoms with E-state index in [-0.39, 0.29) is 11.7 Å². The number of allylic oxidation sites excluding steroid dienone is 1. The predicted octanol–water partition coefficient (Wildman–Crippen LogP) is 2.44. The van der Waals surface area contributed by atoms with E-state index in [2.05, 4.69) is 19.2 Å². The second-order valence-electron chi connectivity index (χ2n) is 5.55. The van der Waals surface area contributed by atoms with Gasteiger partial charge in [0.25, 0.3) is 0 Å². The molecule has 0 bridgehead atoms. The van der Waals surface area contributed by atoms with Gasteiger partial charge in [-0.25, -0.2) is 4.39 Å². The van der Waals surface area contributed by atoms with E-state index in [1.54, 1.807) is 12.1 Å². The Hall–Kier alpha value is -1.68. The monoisotopic (exact) mass is 276 g/mol. The molecule has 0 saturated carbocycles. The summed E-state index contributed by atoms with van der Waals surface area (Å²) in [5.41, 5.74) is 1.53. The van der Waals surface area contributed by atoms with Crippen LogP contribution in [0.1, 0.15) is 26.3 Å². The molecule has 1 aliphatic rings. The van der Waals surface area contributed by atoms with Crippen LogP contribution >= 0.6 is 0 Å². The van der Waals surface area contributed by atoms with Gasteiger partial charge in [-0.05, 0) is 44.0 Å². The molecular formula is C16H21FN2O. The molecule has 2 rings (SSSR count). The Labute approximate surface area is 119 Å². The molecular weight excluding hydrogens is 255 g/mol. The Bertz CT molecular complexity index is 517. The third-order valence-corrected chi connectivity index (χ3v) is 3.49. The number of piperazine rings is 1. The smallest absolute Gasteiger partial charge is 0.246 e. The van der Waals surface area contributed by atoms with Crippen molar-refractivity contribution in [3.63, 3.8) is 0 Å². The van der Waals surface area contributed by atoms with E-state index in [1.807, 2.05) is 17.9 Å². The van der Waals surface area contributed by atoms with E-state index in [0.717, 1.165) is 11.1 Å². The molecule has 3 nitrogen and oxygen atoms in total. The van der Waals surface area contributed by atoms with Crippen molar-refractivity contribution < 1.29 is 9.18 Å². The van der Waals surface area contributed by atoms with E-state index < -0.39 is 0 Å². The number of hydrogen-bond acceptors (Lipinski definition) is 2. The zero-order valence-electron chi connectivity index (χ0n) is 12.2. The number of nitrogens with one attached hydrogen (secondary N) is 1. The topological polar surface area (TPSA) is 32.3 Å². The van der Waals surface area contributed by atoms with Gasteiger partial charge in [0.05, 0.1) is 0 Å². The molecule has 108 valence electrons. The minimum absolute atomic E-state index is 0.00744. The summed E-state index contributed by atoms with van der Waals surface area (Å²) < 4.78 is 13.2. The number of carbonyl (C=O) groups excluding carboxylic acids is 1. The number of halogens is 1. The van der Waals surface area contributed by atoms with Crippen LogP contribution in [-0.2, 0) is 4.79 Å². The molecule has 1 N–H and O–H groups in total. The molecule has 20 heavy (non-hydrogen) atoms. The molecule has 1 fully saturated rings. The highest BCUT2D eigenvalue weighted by atomic mass is 19.1. The molecule has 1 amide bonds. The van der Waals surface area contributed by atoms with Gasteiger partial charge in [0.1, 0.15) is 5.82 Å². The van der Waals surface area contributed by atoms with Crippen LogP contribution in [0.5, 0.6) is 0 Å². The van der Waals surface area contributed by atoms with Crippen molar-refractivity contribution in [1.82, 2.24) is 10.2 Å². The number of carbonyl (C=O) groups is 1. The molecule has 4 heteroatoms. The standard InChI is InChI=1S/C16H21FN2O/c1-11(14-5-4-6-15(17)8-14)7-16(20)19-9-12(2)18-13(3)10-19/h4-8,12-13,18H,9-10H2,1-3H3/b11-7+. The summed E-state index contributed by atoms with van der Waals surface area (Å²) in [6.45, 7) is 7.38. The van der Waals surface area contributed by atoms with Crippen LogP contribution in [-0.4, -0.2) is 36.0 Å². The zero-order valence-corrected chi connectivity index (χ0v) is 12.2. The third kappa shape index (κ3) is 3.67. The van der Waals surface area contributed by atoms with Crippen LogP contribution in [0.25, 0.3) is 5.57 Å². The number of rotatable bonds is 2. The van der Waals surface area contributed by atoms with E-state index >= 15 is 0 Å². The van der Waals surface area contributed by atoms with Crippen molar-refractivity contribution in [3.8, 4) is 0 Å². The van der Waals surface area contributed by atoms with E-state index in [0.29, 0.717) is 25.2 Å². The highest BCUT2D eigenvalue weighted by Gasteiger charge is 2.23. The van der Waals surface area contributed by atoms with Crippen LogP contribution < -0.4 is 5.32 Å². The zero-order chi connectivity index (χ0) is 14.7. The van der Waals surface area contributed by atoms with Crippen LogP contribution in [0.2, 0.25) is 0 Å². The number of amides is 1. The fraction of sp³-hybridized carbons (Fsp3) is 0.438. The van der Waals surface area contributed by atoms with Crippen molar-refractivity contribution in [2.24, 2.45) is 0 Å². The van der Waals surface area contributed by atoms with E-state index in [4.69, 9.17) is 0 Å². The van der Waals surface area contributed by atoms with Crippen LogP contribution in [0, 0.1) is 5.82 Å². The van der Waals surface area contributed by atoms with Crippen molar-refractivity contribution in [1.29, 1.82) is 0 Å². The summed E-state index contributed by atoms with van der Waals surface area (Å²) in [5, 5.41) is 3.39. The minimum atomic E-state index is -0.285. The van der Waals surface area contributed by atoms with Crippen molar-refractivity contribution in [3.05, 3.63) is 41.7 Å². The molecule has 2 atom stereocenters. The summed E-state index contributed by atoms with van der Waals surface area (Å²) in [6.07, 6.45) is 1.60. The molecule has 0 aromatic heterocycles. The minimum Gasteiger partial charge on any atom is -0.336 e. The van der Waals surface area contributed by atoms with Gasteiger partial charge in [-0.2, -0.15) is 0 Å². The van der Waals surface area contributed by atoms with Gasteiger partial charge in [-0.1, -0.05) is 12.1 Å². The first-order valence-corrected chi connectivity index (χ1v) is 6.95. The van der Waals surface area contributed by atoms with Crippen LogP contribution in [0.15, 0.2) is 30.3 Å². The summed E-state index contributed by atoms with van der Waals surface area (Å²) >= 11 is 0. The Morgan fingerprint density at radius 3 is 2.60 bits per heavy atom. The molecule has 1 aromatic carbocycles. The van der Waals surface area contributed by atoms with Gasteiger partial charge in [0, 0.05) is 31.2 Å². The largest absolute Gasteiger partial charge is 0.336 e. The van der Waals surface area contributed by atoms with Gasteiger partial charge < -0.3 is 10.2 Å². The van der Waals surface area contributed by atoms with Crippen molar-refractivity contribution in [2.75, 3.05) is 13.1 Å². The Balaban J connectivity index is 2.11. The van der Waals surface area contributed by atoms with Gasteiger partial charge in [0.15, 0.2) is 0 Å². The maximum atomic E-state index is 13.2. The van der Waals surface area contributed by atoms with Gasteiger partial charge in [-0.3, -0.25) is 4.79 Å². The lowest BCUT2D eigenvalue weighted by molar-refractivity contribution is -0.127. The average molecular weight is 276 g/mol. The number of benzene rings is 1. The van der Waals surface area contributed by atoms with Crippen molar-refractivity contribution in [2.45, 2.75) is 32.9 Å². The van der Waals surface area contributed by atoms with Gasteiger partial charge in [-0.15, -0.1) is 0 Å². The third-order valence-electron chi connectivity index (χ3n) is 3.49. The molecule has 0 spiro atoms. The average Bonchev–Trinajstić information content (AvgIpc) is 2.37. The first-order chi connectivity index (χ1) is 9.45. The number of nitrogens with zero attached hydrogens (tertiary/aromatic N) is 1. The lowest BCUT2D eigenvalue weighted by Crippen LogP contribution is -2.55. The van der Waals surface area contributed by atoms with Gasteiger partial charge in [0.2, 0.25) is 5.91 Å². The first kappa shape index (κ1) is 14.7. The lowest BCUT2D eigenvalue weighted by Gasteiger charge is -2.35. The molecule has 0 radical (unpaired) electrons. The van der Waals surface area contributed by atoms with Crippen LogP contribution in [0.3, 0.4) is 0 Å². The molecule has 1 aliphatic heterocycles. The lowest BCUT2D eigenvalue weighted by atomic mass is 10.1.